The summed E-state index contributed by atoms with van der Waals surface area (Å²) in [6, 6.07) is 6.76. The predicted octanol–water partition coefficient (Wildman–Crippen LogP) is 3.68. The van der Waals surface area contributed by atoms with E-state index < -0.39 is 0 Å². The molecule has 1 aliphatic carbocycles. The van der Waals surface area contributed by atoms with Crippen molar-refractivity contribution in [1.29, 1.82) is 5.26 Å². The minimum atomic E-state index is 0.600. The summed E-state index contributed by atoms with van der Waals surface area (Å²) < 4.78 is 0. The lowest BCUT2D eigenvalue weighted by Crippen LogP contribution is -2.33. The van der Waals surface area contributed by atoms with Crippen molar-refractivity contribution >= 4 is 11.3 Å². The van der Waals surface area contributed by atoms with E-state index in [1.54, 1.807) is 11.3 Å². The third-order valence-corrected chi connectivity index (χ3v) is 4.72. The number of rotatable bonds is 4. The van der Waals surface area contributed by atoms with Crippen molar-refractivity contribution in [2.45, 2.75) is 51.6 Å². The molecule has 0 amide bonds. The molecule has 17 heavy (non-hydrogen) atoms. The molecule has 0 spiro atoms. The maximum Gasteiger partial charge on any atom is 0.110 e. The molecule has 1 heterocycles. The van der Waals surface area contributed by atoms with Crippen LogP contribution < -0.4 is 5.32 Å². The fourth-order valence-corrected chi connectivity index (χ4v) is 3.35. The van der Waals surface area contributed by atoms with Crippen molar-refractivity contribution in [3.05, 3.63) is 21.9 Å². The third kappa shape index (κ3) is 3.55. The van der Waals surface area contributed by atoms with Gasteiger partial charge in [-0.05, 0) is 37.8 Å². The lowest BCUT2D eigenvalue weighted by Gasteiger charge is -2.28. The van der Waals surface area contributed by atoms with Gasteiger partial charge in [-0.1, -0.05) is 19.3 Å². The molecule has 1 saturated carbocycles. The topological polar surface area (TPSA) is 35.8 Å². The Morgan fingerprint density at radius 1 is 1.41 bits per heavy atom. The molecule has 1 unspecified atom stereocenters. The molecule has 2 rings (SSSR count). The zero-order chi connectivity index (χ0) is 12.1. The zero-order valence-electron chi connectivity index (χ0n) is 10.4. The number of nitriles is 1. The predicted molar refractivity (Wildman–Crippen MR) is 71.9 cm³/mol. The van der Waals surface area contributed by atoms with Gasteiger partial charge in [0, 0.05) is 17.5 Å². The van der Waals surface area contributed by atoms with Crippen molar-refractivity contribution in [2.24, 2.45) is 5.92 Å². The van der Waals surface area contributed by atoms with E-state index in [2.05, 4.69) is 24.4 Å². The van der Waals surface area contributed by atoms with Gasteiger partial charge >= 0.3 is 0 Å². The molecule has 1 aromatic rings. The van der Waals surface area contributed by atoms with Crippen LogP contribution in [0, 0.1) is 17.2 Å². The Kier molecular flexibility index (Phi) is 4.58. The Hall–Kier alpha value is -0.850. The third-order valence-electron chi connectivity index (χ3n) is 3.73. The summed E-state index contributed by atoms with van der Waals surface area (Å²) in [6.07, 6.45) is 6.96. The van der Waals surface area contributed by atoms with E-state index in [1.165, 1.54) is 37.0 Å². The summed E-state index contributed by atoms with van der Waals surface area (Å²) in [5.41, 5.74) is 0. The molecule has 0 aromatic carbocycles. The van der Waals surface area contributed by atoms with Crippen LogP contribution >= 0.6 is 11.3 Å². The van der Waals surface area contributed by atoms with Gasteiger partial charge < -0.3 is 5.32 Å². The van der Waals surface area contributed by atoms with Gasteiger partial charge in [0.1, 0.15) is 10.9 Å². The van der Waals surface area contributed by atoms with Crippen LogP contribution in [0.4, 0.5) is 0 Å². The van der Waals surface area contributed by atoms with Gasteiger partial charge in [0.2, 0.25) is 0 Å². The Morgan fingerprint density at radius 2 is 2.18 bits per heavy atom. The summed E-state index contributed by atoms with van der Waals surface area (Å²) in [4.78, 5) is 2.08. The van der Waals surface area contributed by atoms with E-state index in [9.17, 15) is 0 Å². The van der Waals surface area contributed by atoms with Crippen LogP contribution in [0.2, 0.25) is 0 Å². The molecular weight excluding hydrogens is 228 g/mol. The van der Waals surface area contributed by atoms with Gasteiger partial charge in [-0.25, -0.2) is 0 Å². The smallest absolute Gasteiger partial charge is 0.110 e. The van der Waals surface area contributed by atoms with Crippen molar-refractivity contribution in [3.8, 4) is 6.07 Å². The second kappa shape index (κ2) is 6.18. The Morgan fingerprint density at radius 3 is 2.82 bits per heavy atom. The first kappa shape index (κ1) is 12.6. The van der Waals surface area contributed by atoms with Crippen LogP contribution in [0.25, 0.3) is 0 Å². The zero-order valence-corrected chi connectivity index (χ0v) is 11.2. The van der Waals surface area contributed by atoms with Crippen molar-refractivity contribution in [3.63, 3.8) is 0 Å². The van der Waals surface area contributed by atoms with Crippen LogP contribution in [0.15, 0.2) is 12.1 Å². The monoisotopic (exact) mass is 248 g/mol. The molecule has 0 aliphatic heterocycles. The second-order valence-electron chi connectivity index (χ2n) is 4.95. The molecule has 0 radical (unpaired) electrons. The number of nitrogens with one attached hydrogen (secondary N) is 1. The van der Waals surface area contributed by atoms with E-state index in [0.29, 0.717) is 6.04 Å². The molecular formula is C14H20N2S. The van der Waals surface area contributed by atoms with Gasteiger partial charge in [0.15, 0.2) is 0 Å². The fraction of sp³-hybridized carbons (Fsp3) is 0.643. The molecule has 0 saturated heterocycles. The summed E-state index contributed by atoms with van der Waals surface area (Å²) >= 11 is 1.60. The van der Waals surface area contributed by atoms with Crippen molar-refractivity contribution in [2.75, 3.05) is 0 Å². The Balaban J connectivity index is 1.79. The van der Waals surface area contributed by atoms with Crippen LogP contribution in [0.1, 0.15) is 48.8 Å². The highest BCUT2D eigenvalue weighted by Gasteiger charge is 2.19. The first-order valence-corrected chi connectivity index (χ1v) is 7.33. The van der Waals surface area contributed by atoms with Gasteiger partial charge in [0.05, 0.1) is 0 Å². The Bertz CT molecular complexity index is 385. The summed E-state index contributed by atoms with van der Waals surface area (Å²) in [6.45, 7) is 3.21. The highest BCUT2D eigenvalue weighted by Crippen LogP contribution is 2.26. The highest BCUT2D eigenvalue weighted by atomic mass is 32.1. The molecule has 1 fully saturated rings. The molecule has 92 valence electrons. The van der Waals surface area contributed by atoms with Crippen LogP contribution in [-0.2, 0) is 6.54 Å². The first-order valence-electron chi connectivity index (χ1n) is 6.52. The minimum absolute atomic E-state index is 0.600. The molecule has 3 heteroatoms. The second-order valence-corrected chi connectivity index (χ2v) is 6.11. The highest BCUT2D eigenvalue weighted by molar-refractivity contribution is 7.12. The van der Waals surface area contributed by atoms with E-state index in [-0.39, 0.29) is 0 Å². The molecule has 0 bridgehead atoms. The average molecular weight is 248 g/mol. The van der Waals surface area contributed by atoms with E-state index >= 15 is 0 Å². The molecule has 1 aliphatic rings. The molecule has 1 atom stereocenters. The quantitative estimate of drug-likeness (QED) is 0.882. The van der Waals surface area contributed by atoms with Gasteiger partial charge in [-0.15, -0.1) is 11.3 Å². The number of nitrogens with zero attached hydrogens (tertiary/aromatic N) is 1. The van der Waals surface area contributed by atoms with Gasteiger partial charge in [-0.2, -0.15) is 5.26 Å². The lowest BCUT2D eigenvalue weighted by molar-refractivity contribution is 0.281. The molecule has 1 aromatic heterocycles. The fourth-order valence-electron chi connectivity index (χ4n) is 2.60. The average Bonchev–Trinajstić information content (AvgIpc) is 2.85. The van der Waals surface area contributed by atoms with E-state index in [1.807, 2.05) is 6.07 Å². The first-order chi connectivity index (χ1) is 8.29. The van der Waals surface area contributed by atoms with Gasteiger partial charge in [-0.3, -0.25) is 0 Å². The summed E-state index contributed by atoms with van der Waals surface area (Å²) in [7, 11) is 0. The maximum atomic E-state index is 8.77. The summed E-state index contributed by atoms with van der Waals surface area (Å²) in [5, 5.41) is 12.4. The Labute approximate surface area is 108 Å². The van der Waals surface area contributed by atoms with Crippen molar-refractivity contribution < 1.29 is 0 Å². The minimum Gasteiger partial charge on any atom is -0.309 e. The maximum absolute atomic E-state index is 8.77. The normalized spacial score (nSPS) is 18.8. The standard InChI is InChI=1S/C14H20N2S/c1-11(12-5-3-2-4-6-12)16-10-14-8-7-13(9-15)17-14/h7-8,11-12,16H,2-6,10H2,1H3. The SMILES string of the molecule is CC(NCc1ccc(C#N)s1)C1CCCCC1. The van der Waals surface area contributed by atoms with Crippen LogP contribution in [0.3, 0.4) is 0 Å². The summed E-state index contributed by atoms with van der Waals surface area (Å²) in [5.74, 6) is 0.846. The molecule has 1 N–H and O–H groups in total. The number of thiophene rings is 1. The number of hydrogen-bond acceptors (Lipinski definition) is 3. The van der Waals surface area contributed by atoms with E-state index in [0.717, 1.165) is 17.3 Å². The van der Waals surface area contributed by atoms with E-state index in [4.69, 9.17) is 5.26 Å². The largest absolute Gasteiger partial charge is 0.309 e. The van der Waals surface area contributed by atoms with Crippen LogP contribution in [-0.4, -0.2) is 6.04 Å². The number of hydrogen-bond donors (Lipinski definition) is 1. The molecule has 2 nitrogen and oxygen atoms in total. The van der Waals surface area contributed by atoms with Gasteiger partial charge in [0.25, 0.3) is 0 Å². The van der Waals surface area contributed by atoms with Crippen molar-refractivity contribution in [1.82, 2.24) is 5.32 Å². The van der Waals surface area contributed by atoms with Crippen LogP contribution in [0.5, 0.6) is 0 Å². The lowest BCUT2D eigenvalue weighted by atomic mass is 9.84.